The van der Waals surface area contributed by atoms with Crippen LogP contribution < -0.4 is 16.0 Å². The minimum Gasteiger partial charge on any atom is -0.492 e. The Kier molecular flexibility index (Phi) is 6.01. The molecule has 7 nitrogen and oxygen atoms in total. The first-order valence-corrected chi connectivity index (χ1v) is 6.14. The van der Waals surface area contributed by atoms with Gasteiger partial charge in [0.2, 0.25) is 5.91 Å². The van der Waals surface area contributed by atoms with Crippen molar-refractivity contribution in [3.8, 4) is 5.75 Å². The number of carbonyl (C=O) groups is 1. The summed E-state index contributed by atoms with van der Waals surface area (Å²) in [6.07, 6.45) is 2.44. The van der Waals surface area contributed by atoms with E-state index in [1.54, 1.807) is 14.1 Å². The third kappa shape index (κ3) is 5.09. The molecule has 0 aromatic carbocycles. The van der Waals surface area contributed by atoms with Crippen LogP contribution in [0.2, 0.25) is 0 Å². The summed E-state index contributed by atoms with van der Waals surface area (Å²) in [6.45, 7) is 1.26. The Morgan fingerprint density at radius 3 is 2.84 bits per heavy atom. The van der Waals surface area contributed by atoms with Crippen LogP contribution in [0.4, 0.5) is 0 Å². The lowest BCUT2D eigenvalue weighted by atomic mass is 10.4. The van der Waals surface area contributed by atoms with E-state index in [2.05, 4.69) is 5.10 Å². The molecule has 0 bridgehead atoms. The standard InChI is InChI=1S/C12H20N4O3/c1-15(2)11(17)4-6-16-12(18)8-10(9-14-16)19-7-3-5-13/h8-9H,3-7,13H2,1-2H3. The van der Waals surface area contributed by atoms with Gasteiger partial charge in [-0.15, -0.1) is 0 Å². The predicted molar refractivity (Wildman–Crippen MR) is 71.0 cm³/mol. The van der Waals surface area contributed by atoms with Gasteiger partial charge in [0.1, 0.15) is 5.75 Å². The zero-order valence-electron chi connectivity index (χ0n) is 11.3. The molecule has 0 aliphatic carbocycles. The molecule has 1 rings (SSSR count). The number of hydrogen-bond donors (Lipinski definition) is 1. The number of hydrogen-bond acceptors (Lipinski definition) is 5. The van der Waals surface area contributed by atoms with Gasteiger partial charge in [-0.05, 0) is 13.0 Å². The van der Waals surface area contributed by atoms with Gasteiger partial charge in [0, 0.05) is 26.6 Å². The molecule has 106 valence electrons. The maximum absolute atomic E-state index is 11.7. The average molecular weight is 268 g/mol. The van der Waals surface area contributed by atoms with Crippen LogP contribution in [0.5, 0.6) is 5.75 Å². The van der Waals surface area contributed by atoms with Gasteiger partial charge >= 0.3 is 0 Å². The van der Waals surface area contributed by atoms with E-state index in [9.17, 15) is 9.59 Å². The summed E-state index contributed by atoms with van der Waals surface area (Å²) >= 11 is 0. The molecule has 0 saturated heterocycles. The van der Waals surface area contributed by atoms with Crippen molar-refractivity contribution < 1.29 is 9.53 Å². The van der Waals surface area contributed by atoms with Gasteiger partial charge in [-0.25, -0.2) is 4.68 Å². The molecule has 1 amide bonds. The van der Waals surface area contributed by atoms with E-state index in [1.807, 2.05) is 0 Å². The maximum Gasteiger partial charge on any atom is 0.270 e. The number of aryl methyl sites for hydroxylation is 1. The van der Waals surface area contributed by atoms with Crippen LogP contribution in [0, 0.1) is 0 Å². The average Bonchev–Trinajstić information content (AvgIpc) is 2.37. The third-order valence-corrected chi connectivity index (χ3v) is 2.50. The first-order chi connectivity index (χ1) is 9.04. The number of amides is 1. The molecule has 1 heterocycles. The Morgan fingerprint density at radius 1 is 1.53 bits per heavy atom. The fourth-order valence-electron chi connectivity index (χ4n) is 1.36. The Labute approximate surface area is 112 Å². The highest BCUT2D eigenvalue weighted by molar-refractivity contribution is 5.75. The lowest BCUT2D eigenvalue weighted by molar-refractivity contribution is -0.128. The van der Waals surface area contributed by atoms with Crippen molar-refractivity contribution in [2.75, 3.05) is 27.2 Å². The van der Waals surface area contributed by atoms with E-state index in [-0.39, 0.29) is 24.4 Å². The van der Waals surface area contributed by atoms with Crippen LogP contribution >= 0.6 is 0 Å². The highest BCUT2D eigenvalue weighted by Crippen LogP contribution is 2.04. The van der Waals surface area contributed by atoms with E-state index >= 15 is 0 Å². The Balaban J connectivity index is 2.57. The van der Waals surface area contributed by atoms with Crippen LogP contribution in [0.3, 0.4) is 0 Å². The normalized spacial score (nSPS) is 10.3. The van der Waals surface area contributed by atoms with E-state index in [0.717, 1.165) is 6.42 Å². The monoisotopic (exact) mass is 268 g/mol. The summed E-state index contributed by atoms with van der Waals surface area (Å²) in [5.74, 6) is 0.380. The minimum atomic E-state index is -0.281. The van der Waals surface area contributed by atoms with Crippen molar-refractivity contribution in [1.29, 1.82) is 0 Å². The number of rotatable bonds is 7. The molecule has 2 N–H and O–H groups in total. The van der Waals surface area contributed by atoms with Crippen molar-refractivity contribution >= 4 is 5.91 Å². The molecular weight excluding hydrogens is 248 g/mol. The Bertz CT molecular complexity index is 470. The van der Waals surface area contributed by atoms with E-state index in [1.165, 1.54) is 21.8 Å². The highest BCUT2D eigenvalue weighted by atomic mass is 16.5. The van der Waals surface area contributed by atoms with Crippen LogP contribution in [-0.2, 0) is 11.3 Å². The van der Waals surface area contributed by atoms with Gasteiger partial charge in [-0.2, -0.15) is 5.10 Å². The fourth-order valence-corrected chi connectivity index (χ4v) is 1.36. The first-order valence-electron chi connectivity index (χ1n) is 6.14. The molecule has 0 aliphatic rings. The van der Waals surface area contributed by atoms with E-state index in [0.29, 0.717) is 18.9 Å². The van der Waals surface area contributed by atoms with Crippen molar-refractivity contribution in [2.24, 2.45) is 5.73 Å². The van der Waals surface area contributed by atoms with Crippen molar-refractivity contribution in [2.45, 2.75) is 19.4 Å². The predicted octanol–water partition coefficient (Wildman–Crippen LogP) is -0.551. The molecule has 7 heteroatoms. The molecule has 1 aromatic rings. The van der Waals surface area contributed by atoms with Gasteiger partial charge in [0.25, 0.3) is 5.56 Å². The summed E-state index contributed by atoms with van der Waals surface area (Å²) < 4.78 is 6.56. The molecule has 0 atom stereocenters. The van der Waals surface area contributed by atoms with Crippen LogP contribution in [-0.4, -0.2) is 47.8 Å². The van der Waals surface area contributed by atoms with Crippen LogP contribution in [0.15, 0.2) is 17.1 Å². The molecule has 0 unspecified atom stereocenters. The van der Waals surface area contributed by atoms with Crippen LogP contribution in [0.25, 0.3) is 0 Å². The highest BCUT2D eigenvalue weighted by Gasteiger charge is 2.06. The number of nitrogens with zero attached hydrogens (tertiary/aromatic N) is 3. The van der Waals surface area contributed by atoms with Gasteiger partial charge in [-0.3, -0.25) is 9.59 Å². The quantitative estimate of drug-likeness (QED) is 0.670. The largest absolute Gasteiger partial charge is 0.492 e. The minimum absolute atomic E-state index is 0.0445. The zero-order chi connectivity index (χ0) is 14.3. The molecule has 0 saturated carbocycles. The lowest BCUT2D eigenvalue weighted by Gasteiger charge is -2.10. The Hall–Kier alpha value is -1.89. The number of aromatic nitrogens is 2. The summed E-state index contributed by atoms with van der Waals surface area (Å²) in [7, 11) is 3.35. The smallest absolute Gasteiger partial charge is 0.270 e. The second-order valence-electron chi connectivity index (χ2n) is 4.28. The van der Waals surface area contributed by atoms with Crippen molar-refractivity contribution in [3.05, 3.63) is 22.6 Å². The number of ether oxygens (including phenoxy) is 1. The van der Waals surface area contributed by atoms with Gasteiger partial charge in [0.15, 0.2) is 0 Å². The van der Waals surface area contributed by atoms with Gasteiger partial charge < -0.3 is 15.4 Å². The summed E-state index contributed by atoms with van der Waals surface area (Å²) in [5.41, 5.74) is 5.06. The number of nitrogens with two attached hydrogens (primary N) is 1. The summed E-state index contributed by atoms with van der Waals surface area (Å²) in [5, 5.41) is 3.97. The third-order valence-electron chi connectivity index (χ3n) is 2.50. The molecule has 19 heavy (non-hydrogen) atoms. The second kappa shape index (κ2) is 7.52. The Morgan fingerprint density at radius 2 is 2.26 bits per heavy atom. The maximum atomic E-state index is 11.7. The summed E-state index contributed by atoms with van der Waals surface area (Å²) in [4.78, 5) is 24.6. The van der Waals surface area contributed by atoms with Crippen molar-refractivity contribution in [3.63, 3.8) is 0 Å². The molecule has 0 aliphatic heterocycles. The van der Waals surface area contributed by atoms with E-state index < -0.39 is 0 Å². The molecule has 0 radical (unpaired) electrons. The SMILES string of the molecule is CN(C)C(=O)CCn1ncc(OCCCN)cc1=O. The van der Waals surface area contributed by atoms with E-state index in [4.69, 9.17) is 10.5 Å². The van der Waals surface area contributed by atoms with Crippen molar-refractivity contribution in [1.82, 2.24) is 14.7 Å². The lowest BCUT2D eigenvalue weighted by Crippen LogP contribution is -2.27. The van der Waals surface area contributed by atoms with Crippen LogP contribution in [0.1, 0.15) is 12.8 Å². The first kappa shape index (κ1) is 15.2. The summed E-state index contributed by atoms with van der Waals surface area (Å²) in [6, 6.07) is 1.36. The molecular formula is C12H20N4O3. The second-order valence-corrected chi connectivity index (χ2v) is 4.28. The molecule has 0 fully saturated rings. The molecule has 1 aromatic heterocycles. The number of carbonyl (C=O) groups excluding carboxylic acids is 1. The fraction of sp³-hybridized carbons (Fsp3) is 0.583. The molecule has 0 spiro atoms. The zero-order valence-corrected chi connectivity index (χ0v) is 11.3. The van der Waals surface area contributed by atoms with Gasteiger partial charge in [0.05, 0.1) is 19.3 Å². The van der Waals surface area contributed by atoms with Gasteiger partial charge in [-0.1, -0.05) is 0 Å². The topological polar surface area (TPSA) is 90.4 Å².